The Bertz CT molecular complexity index is 1060. The lowest BCUT2D eigenvalue weighted by molar-refractivity contribution is -0.141. The van der Waals surface area contributed by atoms with Crippen molar-refractivity contribution >= 4 is 38.4 Å². The molecule has 29 heavy (non-hydrogen) atoms. The molecule has 2 heterocycles. The van der Waals surface area contributed by atoms with Crippen molar-refractivity contribution < 1.29 is 23.1 Å². The van der Waals surface area contributed by atoms with Crippen LogP contribution in [0.5, 0.6) is 0 Å². The molecule has 1 amide bonds. The van der Waals surface area contributed by atoms with Crippen molar-refractivity contribution in [3.05, 3.63) is 52.4 Å². The summed E-state index contributed by atoms with van der Waals surface area (Å²) in [6.45, 7) is 3.92. The zero-order valence-electron chi connectivity index (χ0n) is 15.6. The maximum Gasteiger partial charge on any atom is 0.433 e. The van der Waals surface area contributed by atoms with Crippen LogP contribution in [0.1, 0.15) is 36.5 Å². The number of fused-ring (bicyclic) bond motifs is 1. The molecule has 1 aromatic carbocycles. The van der Waals surface area contributed by atoms with E-state index in [0.717, 1.165) is 17.5 Å². The summed E-state index contributed by atoms with van der Waals surface area (Å²) in [4.78, 5) is 15.7. The van der Waals surface area contributed by atoms with E-state index in [1.807, 2.05) is 0 Å². The molecule has 2 aromatic heterocycles. The van der Waals surface area contributed by atoms with Crippen LogP contribution >= 0.6 is 15.9 Å². The lowest BCUT2D eigenvalue weighted by atomic mass is 10.1. The van der Waals surface area contributed by atoms with E-state index < -0.39 is 23.4 Å². The highest BCUT2D eigenvalue weighted by Gasteiger charge is 2.33. The fourth-order valence-electron chi connectivity index (χ4n) is 2.63. The summed E-state index contributed by atoms with van der Waals surface area (Å²) in [7, 11) is 0. The number of halogens is 4. The smallest absolute Gasteiger partial charge is 0.390 e. The third kappa shape index (κ3) is 5.33. The molecule has 0 aliphatic heterocycles. The van der Waals surface area contributed by atoms with Crippen LogP contribution in [-0.4, -0.2) is 31.4 Å². The lowest BCUT2D eigenvalue weighted by Crippen LogP contribution is -2.21. The SMILES string of the molecule is CC(C)(O)CCn1cc2cc(NC(=O)c3cccc(C(F)(F)F)n3)cc(Br)c2n1. The monoisotopic (exact) mass is 470 g/mol. The number of hydrogen-bond acceptors (Lipinski definition) is 4. The number of nitrogens with one attached hydrogen (secondary N) is 1. The molecule has 0 atom stereocenters. The number of aromatic nitrogens is 3. The van der Waals surface area contributed by atoms with Gasteiger partial charge < -0.3 is 10.4 Å². The van der Waals surface area contributed by atoms with Gasteiger partial charge in [-0.3, -0.25) is 9.48 Å². The van der Waals surface area contributed by atoms with Crippen LogP contribution in [0.15, 0.2) is 41.0 Å². The van der Waals surface area contributed by atoms with E-state index in [-0.39, 0.29) is 5.69 Å². The second kappa shape index (κ2) is 7.75. The third-order valence-corrected chi connectivity index (χ3v) is 4.70. The van der Waals surface area contributed by atoms with Gasteiger partial charge >= 0.3 is 6.18 Å². The van der Waals surface area contributed by atoms with Gasteiger partial charge in [0, 0.05) is 28.3 Å². The molecule has 0 radical (unpaired) electrons. The Morgan fingerprint density at radius 3 is 2.66 bits per heavy atom. The minimum absolute atomic E-state index is 0.336. The van der Waals surface area contributed by atoms with Crippen molar-refractivity contribution in [1.29, 1.82) is 0 Å². The normalized spacial score (nSPS) is 12.4. The summed E-state index contributed by atoms with van der Waals surface area (Å²) in [5.74, 6) is -0.753. The predicted molar refractivity (Wildman–Crippen MR) is 106 cm³/mol. The Hall–Kier alpha value is -2.46. The van der Waals surface area contributed by atoms with Gasteiger partial charge in [0.15, 0.2) is 0 Å². The zero-order chi connectivity index (χ0) is 21.4. The number of anilines is 1. The second-order valence-corrected chi connectivity index (χ2v) is 8.06. The summed E-state index contributed by atoms with van der Waals surface area (Å²) < 4.78 is 40.7. The first-order chi connectivity index (χ1) is 13.4. The van der Waals surface area contributed by atoms with E-state index in [1.165, 1.54) is 6.07 Å². The van der Waals surface area contributed by atoms with Gasteiger partial charge in [0.1, 0.15) is 16.9 Å². The van der Waals surface area contributed by atoms with Crippen molar-refractivity contribution in [3.63, 3.8) is 0 Å². The minimum atomic E-state index is -4.63. The number of carbonyl (C=O) groups is 1. The maximum atomic E-state index is 12.8. The molecule has 0 saturated heterocycles. The molecule has 2 N–H and O–H groups in total. The molecule has 154 valence electrons. The quantitative estimate of drug-likeness (QED) is 0.569. The average molecular weight is 471 g/mol. The fourth-order valence-corrected chi connectivity index (χ4v) is 3.19. The number of amides is 1. The van der Waals surface area contributed by atoms with Gasteiger partial charge in [-0.1, -0.05) is 6.07 Å². The van der Waals surface area contributed by atoms with Crippen molar-refractivity contribution in [2.24, 2.45) is 0 Å². The Balaban J connectivity index is 1.82. The van der Waals surface area contributed by atoms with Gasteiger partial charge in [-0.25, -0.2) is 4.98 Å². The van der Waals surface area contributed by atoms with E-state index in [9.17, 15) is 23.1 Å². The number of hydrogen-bond donors (Lipinski definition) is 2. The topological polar surface area (TPSA) is 80.0 Å². The number of carbonyl (C=O) groups excluding carboxylic acids is 1. The van der Waals surface area contributed by atoms with Crippen molar-refractivity contribution in [3.8, 4) is 0 Å². The summed E-state index contributed by atoms with van der Waals surface area (Å²) in [5, 5.41) is 17.6. The highest BCUT2D eigenvalue weighted by atomic mass is 79.9. The number of pyridine rings is 1. The molecule has 0 aliphatic carbocycles. The molecule has 6 nitrogen and oxygen atoms in total. The van der Waals surface area contributed by atoms with E-state index in [2.05, 4.69) is 31.3 Å². The molecule has 0 bridgehead atoms. The Kier molecular flexibility index (Phi) is 5.68. The molecule has 0 spiro atoms. The molecule has 10 heteroatoms. The van der Waals surface area contributed by atoms with Crippen LogP contribution in [0, 0.1) is 0 Å². The predicted octanol–water partition coefficient (Wildman–Crippen LogP) is 4.63. The molecular weight excluding hydrogens is 453 g/mol. The first kappa shape index (κ1) is 21.3. The average Bonchev–Trinajstić information content (AvgIpc) is 3.02. The van der Waals surface area contributed by atoms with Crippen LogP contribution in [0.3, 0.4) is 0 Å². The summed E-state index contributed by atoms with van der Waals surface area (Å²) in [6, 6.07) is 6.44. The number of benzene rings is 1. The summed E-state index contributed by atoms with van der Waals surface area (Å²) in [6.07, 6.45) is -2.36. The molecule has 0 aliphatic rings. The zero-order valence-corrected chi connectivity index (χ0v) is 17.2. The molecule has 0 unspecified atom stereocenters. The van der Waals surface area contributed by atoms with E-state index in [4.69, 9.17) is 0 Å². The summed E-state index contributed by atoms with van der Waals surface area (Å²) >= 11 is 3.39. The molecular formula is C19H18BrF3N4O2. The van der Waals surface area contributed by atoms with Crippen molar-refractivity contribution in [2.75, 3.05) is 5.32 Å². The Labute approximate surface area is 172 Å². The standard InChI is InChI=1S/C19H18BrF3N4O2/c1-18(2,29)6-7-27-10-11-8-12(9-13(20)16(11)26-27)24-17(28)14-4-3-5-15(25-14)19(21,22)23/h3-5,8-10,29H,6-7H2,1-2H3,(H,24,28). The number of alkyl halides is 3. The molecule has 0 saturated carbocycles. The van der Waals surface area contributed by atoms with Crippen molar-refractivity contribution in [1.82, 2.24) is 14.8 Å². The first-order valence-corrected chi connectivity index (χ1v) is 9.46. The van der Waals surface area contributed by atoms with Crippen LogP contribution in [0.4, 0.5) is 18.9 Å². The van der Waals surface area contributed by atoms with Crippen molar-refractivity contribution in [2.45, 2.75) is 38.6 Å². The summed E-state index contributed by atoms with van der Waals surface area (Å²) in [5.41, 5.74) is -1.25. The fraction of sp³-hybridized carbons (Fsp3) is 0.316. The Morgan fingerprint density at radius 1 is 1.28 bits per heavy atom. The number of aryl methyl sites for hydroxylation is 1. The van der Waals surface area contributed by atoms with Gasteiger partial charge in [-0.05, 0) is 60.5 Å². The van der Waals surface area contributed by atoms with E-state index in [1.54, 1.807) is 36.9 Å². The number of nitrogens with zero attached hydrogens (tertiary/aromatic N) is 3. The largest absolute Gasteiger partial charge is 0.433 e. The Morgan fingerprint density at radius 2 is 2.00 bits per heavy atom. The van der Waals surface area contributed by atoms with Gasteiger partial charge in [0.2, 0.25) is 0 Å². The highest BCUT2D eigenvalue weighted by molar-refractivity contribution is 9.10. The van der Waals surface area contributed by atoms with E-state index in [0.29, 0.717) is 28.6 Å². The van der Waals surface area contributed by atoms with Gasteiger partial charge in [0.25, 0.3) is 5.91 Å². The van der Waals surface area contributed by atoms with Crippen LogP contribution in [-0.2, 0) is 12.7 Å². The van der Waals surface area contributed by atoms with Gasteiger partial charge in [0.05, 0.1) is 5.60 Å². The minimum Gasteiger partial charge on any atom is -0.390 e. The molecule has 3 rings (SSSR count). The van der Waals surface area contributed by atoms with Crippen LogP contribution in [0.2, 0.25) is 0 Å². The first-order valence-electron chi connectivity index (χ1n) is 8.67. The lowest BCUT2D eigenvalue weighted by Gasteiger charge is -2.16. The molecule has 0 fully saturated rings. The van der Waals surface area contributed by atoms with Crippen LogP contribution in [0.25, 0.3) is 10.9 Å². The van der Waals surface area contributed by atoms with Gasteiger partial charge in [-0.2, -0.15) is 18.3 Å². The third-order valence-electron chi connectivity index (χ3n) is 4.09. The number of aliphatic hydroxyl groups is 1. The second-order valence-electron chi connectivity index (χ2n) is 7.21. The maximum absolute atomic E-state index is 12.8. The highest BCUT2D eigenvalue weighted by Crippen LogP contribution is 2.29. The van der Waals surface area contributed by atoms with Crippen LogP contribution < -0.4 is 5.32 Å². The molecule has 3 aromatic rings. The number of rotatable bonds is 5. The van der Waals surface area contributed by atoms with E-state index >= 15 is 0 Å². The van der Waals surface area contributed by atoms with Gasteiger partial charge in [-0.15, -0.1) is 0 Å².